The van der Waals surface area contributed by atoms with E-state index in [1.165, 1.54) is 5.57 Å². The molecule has 9 nitrogen and oxygen atoms in total. The van der Waals surface area contributed by atoms with Gasteiger partial charge >= 0.3 is 5.97 Å². The van der Waals surface area contributed by atoms with Crippen molar-refractivity contribution in [2.24, 2.45) is 50.2 Å². The quantitative estimate of drug-likeness (QED) is 0.202. The van der Waals surface area contributed by atoms with Gasteiger partial charge in [-0.25, -0.2) is 0 Å². The van der Waals surface area contributed by atoms with E-state index in [1.807, 2.05) is 0 Å². The second-order valence-electron chi connectivity index (χ2n) is 18.0. The van der Waals surface area contributed by atoms with E-state index in [4.69, 9.17) is 9.47 Å². The zero-order chi connectivity index (χ0) is 33.1. The Hall–Kier alpha value is -1.07. The molecule has 0 radical (unpaired) electrons. The molecule has 256 valence electrons. The lowest BCUT2D eigenvalue weighted by atomic mass is 9.33. The molecule has 14 atom stereocenters. The molecule has 0 spiro atoms. The number of hydrogen-bond acceptors (Lipinski definition) is 9. The van der Waals surface area contributed by atoms with Gasteiger partial charge in [0.1, 0.15) is 29.8 Å². The summed E-state index contributed by atoms with van der Waals surface area (Å²) in [5.41, 5.74) is -0.661. The Balaban J connectivity index is 1.38. The van der Waals surface area contributed by atoms with Gasteiger partial charge in [-0.3, -0.25) is 4.79 Å². The van der Waals surface area contributed by atoms with Crippen LogP contribution in [0.25, 0.3) is 0 Å². The van der Waals surface area contributed by atoms with E-state index in [1.54, 1.807) is 0 Å². The van der Waals surface area contributed by atoms with E-state index >= 15 is 0 Å². The van der Waals surface area contributed by atoms with Gasteiger partial charge < -0.3 is 40.1 Å². The molecule has 1 aliphatic heterocycles. The fourth-order valence-corrected chi connectivity index (χ4v) is 12.1. The minimum Gasteiger partial charge on any atom is -0.432 e. The minimum atomic E-state index is -1.70. The number of ether oxygens (including phenoxy) is 2. The molecule has 0 aromatic heterocycles. The summed E-state index contributed by atoms with van der Waals surface area (Å²) in [7, 11) is 0. The average molecular weight is 635 g/mol. The molecule has 6 rings (SSSR count). The van der Waals surface area contributed by atoms with Crippen LogP contribution in [-0.4, -0.2) is 86.1 Å². The molecular weight excluding hydrogens is 576 g/mol. The highest BCUT2D eigenvalue weighted by Crippen LogP contribution is 2.75. The topological polar surface area (TPSA) is 157 Å². The first-order chi connectivity index (χ1) is 20.8. The molecular formula is C36H58O9. The molecule has 0 aromatic rings. The standard InChI is InChI=1S/C36H58O9/c1-31(2)14-15-36(30(43)45-29-28(42)27(41)26(40)21(18-37)44-29)20(16-31)19-8-9-23-33(5)12-11-24(38)32(3,4)22(33)10-13-34(23,6)35(19,7)17-25(36)39/h8,20-29,37-42H,9-18H2,1-7H3/t20-,21?,22?,23?,24-,25+,26+,27?,28+,29+,33-,34+,35+,36+/m0/s1. The zero-order valence-corrected chi connectivity index (χ0v) is 28.3. The number of rotatable bonds is 3. The Morgan fingerprint density at radius 1 is 0.844 bits per heavy atom. The SMILES string of the molecule is CC1(C)CC[C@]2(C(=O)O[C@H]3OC(CO)[C@@H](O)C(O)[C@H]3O)[C@H](O)C[C@]3(C)C(=CCC4[C@@]5(C)CC[C@H](O)C(C)(C)C5CC[C@]43C)[C@@H]2C1. The third kappa shape index (κ3) is 4.54. The first kappa shape index (κ1) is 33.8. The number of carbonyl (C=O) groups excluding carboxylic acids is 1. The molecule has 0 bridgehead atoms. The summed E-state index contributed by atoms with van der Waals surface area (Å²) < 4.78 is 11.4. The van der Waals surface area contributed by atoms with E-state index < -0.39 is 54.8 Å². The highest BCUT2D eigenvalue weighted by molar-refractivity contribution is 5.80. The van der Waals surface area contributed by atoms with Crippen molar-refractivity contribution in [1.29, 1.82) is 0 Å². The van der Waals surface area contributed by atoms with Crippen LogP contribution in [0, 0.1) is 50.2 Å². The Morgan fingerprint density at radius 3 is 2.20 bits per heavy atom. The van der Waals surface area contributed by atoms with Gasteiger partial charge in [-0.2, -0.15) is 0 Å². The molecule has 5 aliphatic carbocycles. The molecule has 9 heteroatoms. The maximum Gasteiger partial charge on any atom is 0.317 e. The van der Waals surface area contributed by atoms with Gasteiger partial charge in [0.05, 0.1) is 18.8 Å². The van der Waals surface area contributed by atoms with Crippen molar-refractivity contribution in [2.75, 3.05) is 6.61 Å². The van der Waals surface area contributed by atoms with Gasteiger partial charge in [0.25, 0.3) is 0 Å². The number of fused-ring (bicyclic) bond motifs is 7. The van der Waals surface area contributed by atoms with Crippen LogP contribution in [0.15, 0.2) is 11.6 Å². The summed E-state index contributed by atoms with van der Waals surface area (Å²) >= 11 is 0. The summed E-state index contributed by atoms with van der Waals surface area (Å²) in [5.74, 6) is -0.157. The summed E-state index contributed by atoms with van der Waals surface area (Å²) in [4.78, 5) is 14.4. The summed E-state index contributed by atoms with van der Waals surface area (Å²) in [6.07, 6.45) is 0.341. The maximum atomic E-state index is 14.4. The Kier molecular flexibility index (Phi) is 8.05. The molecule has 0 aromatic carbocycles. The lowest BCUT2D eigenvalue weighted by Crippen LogP contribution is -2.68. The first-order valence-corrected chi connectivity index (χ1v) is 17.4. The van der Waals surface area contributed by atoms with E-state index in [2.05, 4.69) is 54.5 Å². The van der Waals surface area contributed by atoms with Crippen LogP contribution < -0.4 is 0 Å². The second kappa shape index (κ2) is 10.7. The maximum absolute atomic E-state index is 14.4. The molecule has 1 heterocycles. The Labute approximate surface area is 268 Å². The number of hydrogen-bond donors (Lipinski definition) is 6. The van der Waals surface area contributed by atoms with Crippen molar-refractivity contribution in [3.05, 3.63) is 11.6 Å². The number of aliphatic hydroxyl groups excluding tert-OH is 6. The van der Waals surface area contributed by atoms with Crippen molar-refractivity contribution >= 4 is 5.97 Å². The number of carbonyl (C=O) groups is 1. The highest BCUT2D eigenvalue weighted by Gasteiger charge is 2.71. The monoisotopic (exact) mass is 634 g/mol. The van der Waals surface area contributed by atoms with Crippen molar-refractivity contribution in [3.63, 3.8) is 0 Å². The van der Waals surface area contributed by atoms with E-state index in [0.717, 1.165) is 32.1 Å². The molecule has 4 saturated carbocycles. The zero-order valence-electron chi connectivity index (χ0n) is 28.3. The molecule has 1 saturated heterocycles. The molecule has 6 aliphatic rings. The number of aliphatic hydroxyl groups is 6. The van der Waals surface area contributed by atoms with Crippen LogP contribution >= 0.6 is 0 Å². The summed E-state index contributed by atoms with van der Waals surface area (Å²) in [6, 6.07) is 0. The van der Waals surface area contributed by atoms with Gasteiger partial charge in [0.2, 0.25) is 6.29 Å². The lowest BCUT2D eigenvalue weighted by molar-refractivity contribution is -0.299. The van der Waals surface area contributed by atoms with Crippen molar-refractivity contribution in [1.82, 2.24) is 0 Å². The largest absolute Gasteiger partial charge is 0.432 e. The normalized spacial score (nSPS) is 53.6. The summed E-state index contributed by atoms with van der Waals surface area (Å²) in [5, 5.41) is 64.3. The Bertz CT molecular complexity index is 1210. The second-order valence-corrected chi connectivity index (χ2v) is 18.0. The van der Waals surface area contributed by atoms with Crippen LogP contribution in [0.2, 0.25) is 0 Å². The number of allylic oxidation sites excluding steroid dienone is 2. The van der Waals surface area contributed by atoms with E-state index in [-0.39, 0.29) is 39.1 Å². The lowest BCUT2D eigenvalue weighted by Gasteiger charge is -2.71. The fraction of sp³-hybridized carbons (Fsp3) is 0.917. The molecule has 5 fully saturated rings. The third-order valence-corrected chi connectivity index (χ3v) is 15.1. The average Bonchev–Trinajstić information content (AvgIpc) is 2.95. The van der Waals surface area contributed by atoms with E-state index in [0.29, 0.717) is 37.5 Å². The van der Waals surface area contributed by atoms with Crippen LogP contribution in [0.3, 0.4) is 0 Å². The molecule has 4 unspecified atom stereocenters. The van der Waals surface area contributed by atoms with Gasteiger partial charge in [-0.05, 0) is 103 Å². The van der Waals surface area contributed by atoms with Crippen molar-refractivity contribution in [3.8, 4) is 0 Å². The van der Waals surface area contributed by atoms with Crippen LogP contribution in [0.5, 0.6) is 0 Å². The predicted octanol–water partition coefficient (Wildman–Crippen LogP) is 3.46. The highest BCUT2D eigenvalue weighted by atomic mass is 16.7. The van der Waals surface area contributed by atoms with Gasteiger partial charge in [-0.15, -0.1) is 0 Å². The smallest absolute Gasteiger partial charge is 0.317 e. The van der Waals surface area contributed by atoms with Gasteiger partial charge in [0, 0.05) is 0 Å². The van der Waals surface area contributed by atoms with E-state index in [9.17, 15) is 35.4 Å². The summed E-state index contributed by atoms with van der Waals surface area (Å²) in [6.45, 7) is 15.5. The third-order valence-electron chi connectivity index (χ3n) is 15.1. The van der Waals surface area contributed by atoms with Crippen LogP contribution in [-0.2, 0) is 14.3 Å². The first-order valence-electron chi connectivity index (χ1n) is 17.4. The molecule has 6 N–H and O–H groups in total. The minimum absolute atomic E-state index is 0.0497. The van der Waals surface area contributed by atoms with Gasteiger partial charge in [0.15, 0.2) is 0 Å². The molecule has 0 amide bonds. The molecule has 45 heavy (non-hydrogen) atoms. The predicted molar refractivity (Wildman–Crippen MR) is 166 cm³/mol. The van der Waals surface area contributed by atoms with Gasteiger partial charge in [-0.1, -0.05) is 60.1 Å². The number of esters is 1. The van der Waals surface area contributed by atoms with Crippen LogP contribution in [0.1, 0.15) is 106 Å². The fourth-order valence-electron chi connectivity index (χ4n) is 12.1. The van der Waals surface area contributed by atoms with Crippen LogP contribution in [0.4, 0.5) is 0 Å². The van der Waals surface area contributed by atoms with Crippen molar-refractivity contribution in [2.45, 2.75) is 149 Å². The van der Waals surface area contributed by atoms with Crippen molar-refractivity contribution < 1.29 is 44.9 Å². The Morgan fingerprint density at radius 2 is 1.53 bits per heavy atom.